The van der Waals surface area contributed by atoms with E-state index < -0.39 is 0 Å². The van der Waals surface area contributed by atoms with E-state index in [9.17, 15) is 0 Å². The van der Waals surface area contributed by atoms with Crippen LogP contribution in [0.3, 0.4) is 0 Å². The normalized spacial score (nSPS) is 12.5. The summed E-state index contributed by atoms with van der Waals surface area (Å²) in [5.41, 5.74) is 2.42. The zero-order valence-electron chi connectivity index (χ0n) is 10.3. The fraction of sp³-hybridized carbons (Fsp3) is 0.538. The first-order chi connectivity index (χ1) is 7.72. The highest BCUT2D eigenvalue weighted by Crippen LogP contribution is 2.24. The molecule has 0 aliphatic carbocycles. The van der Waals surface area contributed by atoms with Gasteiger partial charge in [-0.3, -0.25) is 0 Å². The molecule has 0 bridgehead atoms. The summed E-state index contributed by atoms with van der Waals surface area (Å²) in [5, 5.41) is 12.2. The first-order valence-electron chi connectivity index (χ1n) is 5.74. The van der Waals surface area contributed by atoms with Crippen LogP contribution < -0.4 is 10.1 Å². The van der Waals surface area contributed by atoms with Crippen molar-refractivity contribution < 1.29 is 9.84 Å². The summed E-state index contributed by atoms with van der Waals surface area (Å²) in [6.45, 7) is 4.92. The largest absolute Gasteiger partial charge is 0.494 e. The highest BCUT2D eigenvalue weighted by atomic mass is 16.5. The van der Waals surface area contributed by atoms with Crippen LogP contribution in [0.5, 0.6) is 5.75 Å². The van der Waals surface area contributed by atoms with Crippen molar-refractivity contribution >= 4 is 0 Å². The summed E-state index contributed by atoms with van der Waals surface area (Å²) in [6.07, 6.45) is 0.728. The molecule has 1 atom stereocenters. The van der Waals surface area contributed by atoms with Gasteiger partial charge in [0.25, 0.3) is 0 Å². The van der Waals surface area contributed by atoms with Gasteiger partial charge in [-0.15, -0.1) is 0 Å². The number of rotatable bonds is 6. The molecule has 0 aliphatic heterocycles. The van der Waals surface area contributed by atoms with Gasteiger partial charge < -0.3 is 15.2 Å². The molecular weight excluding hydrogens is 202 g/mol. The zero-order valence-corrected chi connectivity index (χ0v) is 10.3. The van der Waals surface area contributed by atoms with E-state index in [-0.39, 0.29) is 12.6 Å². The van der Waals surface area contributed by atoms with E-state index in [1.807, 2.05) is 26.1 Å². The van der Waals surface area contributed by atoms with E-state index in [2.05, 4.69) is 18.3 Å². The summed E-state index contributed by atoms with van der Waals surface area (Å²) in [5.74, 6) is 0.905. The molecule has 1 aromatic rings. The van der Waals surface area contributed by atoms with Gasteiger partial charge in [-0.2, -0.15) is 0 Å². The Hall–Kier alpha value is -1.06. The molecule has 90 valence electrons. The van der Waals surface area contributed by atoms with Gasteiger partial charge in [0.2, 0.25) is 0 Å². The Morgan fingerprint density at radius 3 is 2.69 bits per heavy atom. The molecule has 0 saturated carbocycles. The molecule has 16 heavy (non-hydrogen) atoms. The number of benzene rings is 1. The maximum absolute atomic E-state index is 8.99. The minimum atomic E-state index is 0.193. The smallest absolute Gasteiger partial charge is 0.119 e. The molecule has 2 N–H and O–H groups in total. The lowest BCUT2D eigenvalue weighted by molar-refractivity contribution is 0.268. The molecule has 0 aromatic heterocycles. The molecule has 0 aliphatic rings. The highest BCUT2D eigenvalue weighted by molar-refractivity contribution is 5.36. The van der Waals surface area contributed by atoms with E-state index >= 15 is 0 Å². The van der Waals surface area contributed by atoms with Crippen LogP contribution >= 0.6 is 0 Å². The summed E-state index contributed by atoms with van der Waals surface area (Å²) in [7, 11) is 1.91. The Kier molecular flexibility index (Phi) is 5.29. The summed E-state index contributed by atoms with van der Waals surface area (Å²) < 4.78 is 5.45. The van der Waals surface area contributed by atoms with Crippen LogP contribution in [-0.4, -0.2) is 25.4 Å². The monoisotopic (exact) mass is 223 g/mol. The van der Waals surface area contributed by atoms with Gasteiger partial charge in [0.15, 0.2) is 0 Å². The summed E-state index contributed by atoms with van der Waals surface area (Å²) in [6, 6.07) is 6.30. The Morgan fingerprint density at radius 1 is 1.44 bits per heavy atom. The molecule has 0 saturated heterocycles. The molecule has 1 aromatic carbocycles. The average molecular weight is 223 g/mol. The predicted octanol–water partition coefficient (Wildman–Crippen LogP) is 2.04. The van der Waals surface area contributed by atoms with E-state index in [1.165, 1.54) is 11.1 Å². The Labute approximate surface area is 97.4 Å². The number of aryl methyl sites for hydroxylation is 1. The van der Waals surface area contributed by atoms with Crippen LogP contribution in [0.15, 0.2) is 18.2 Å². The van der Waals surface area contributed by atoms with Crippen LogP contribution in [0.2, 0.25) is 0 Å². The lowest BCUT2D eigenvalue weighted by Gasteiger charge is -2.18. The number of ether oxygens (including phenoxy) is 1. The highest BCUT2D eigenvalue weighted by Gasteiger charge is 2.11. The fourth-order valence-electron chi connectivity index (χ4n) is 1.88. The second kappa shape index (κ2) is 6.51. The average Bonchev–Trinajstić information content (AvgIpc) is 2.27. The number of aliphatic hydroxyl groups is 1. The number of hydrogen-bond acceptors (Lipinski definition) is 3. The lowest BCUT2D eigenvalue weighted by Crippen LogP contribution is -2.18. The van der Waals surface area contributed by atoms with Crippen LogP contribution in [0, 0.1) is 6.92 Å². The molecule has 0 radical (unpaired) electrons. The second-order valence-electron chi connectivity index (χ2n) is 3.80. The first-order valence-corrected chi connectivity index (χ1v) is 5.74. The van der Waals surface area contributed by atoms with Gasteiger partial charge in [0, 0.05) is 12.6 Å². The minimum absolute atomic E-state index is 0.193. The lowest BCUT2D eigenvalue weighted by atomic mass is 9.99. The van der Waals surface area contributed by atoms with Crippen molar-refractivity contribution in [2.75, 3.05) is 20.3 Å². The van der Waals surface area contributed by atoms with Gasteiger partial charge in [0.1, 0.15) is 5.75 Å². The zero-order chi connectivity index (χ0) is 12.0. The molecule has 3 nitrogen and oxygen atoms in total. The third-order valence-corrected chi connectivity index (χ3v) is 2.69. The Balaban J connectivity index is 2.87. The molecule has 0 spiro atoms. The van der Waals surface area contributed by atoms with Gasteiger partial charge in [-0.25, -0.2) is 0 Å². The minimum Gasteiger partial charge on any atom is -0.494 e. The molecule has 1 rings (SSSR count). The quantitative estimate of drug-likeness (QED) is 0.775. The van der Waals surface area contributed by atoms with Crippen molar-refractivity contribution in [3.63, 3.8) is 0 Å². The van der Waals surface area contributed by atoms with Gasteiger partial charge in [0.05, 0.1) is 6.61 Å². The summed E-state index contributed by atoms with van der Waals surface area (Å²) in [4.78, 5) is 0. The standard InChI is InChI=1S/C13H21NO2/c1-4-16-11-5-6-12(10(2)9-11)13(14-3)7-8-15/h5-6,9,13-15H,4,7-8H2,1-3H3. The van der Waals surface area contributed by atoms with E-state index in [4.69, 9.17) is 9.84 Å². The first kappa shape index (κ1) is 13.0. The maximum Gasteiger partial charge on any atom is 0.119 e. The second-order valence-corrected chi connectivity index (χ2v) is 3.80. The van der Waals surface area contributed by atoms with E-state index in [0.29, 0.717) is 6.61 Å². The number of nitrogens with one attached hydrogen (secondary N) is 1. The fourth-order valence-corrected chi connectivity index (χ4v) is 1.88. The molecule has 0 heterocycles. The van der Waals surface area contributed by atoms with Gasteiger partial charge in [-0.05, 0) is 50.6 Å². The molecule has 1 unspecified atom stereocenters. The number of hydrogen-bond donors (Lipinski definition) is 2. The molecule has 0 fully saturated rings. The predicted molar refractivity (Wildman–Crippen MR) is 65.9 cm³/mol. The molecule has 0 amide bonds. The van der Waals surface area contributed by atoms with Gasteiger partial charge in [-0.1, -0.05) is 6.07 Å². The van der Waals surface area contributed by atoms with Crippen molar-refractivity contribution in [2.24, 2.45) is 0 Å². The van der Waals surface area contributed by atoms with Gasteiger partial charge >= 0.3 is 0 Å². The topological polar surface area (TPSA) is 41.5 Å². The van der Waals surface area contributed by atoms with Crippen LogP contribution in [0.4, 0.5) is 0 Å². The number of aliphatic hydroxyl groups excluding tert-OH is 1. The molecule has 3 heteroatoms. The van der Waals surface area contributed by atoms with Crippen molar-refractivity contribution in [1.29, 1.82) is 0 Å². The van der Waals surface area contributed by atoms with Crippen LogP contribution in [-0.2, 0) is 0 Å². The maximum atomic E-state index is 8.99. The molecular formula is C13H21NO2. The van der Waals surface area contributed by atoms with Crippen LogP contribution in [0.25, 0.3) is 0 Å². The SMILES string of the molecule is CCOc1ccc(C(CCO)NC)c(C)c1. The third-order valence-electron chi connectivity index (χ3n) is 2.69. The van der Waals surface area contributed by atoms with Crippen molar-refractivity contribution in [3.05, 3.63) is 29.3 Å². The third kappa shape index (κ3) is 3.22. The van der Waals surface area contributed by atoms with E-state index in [0.717, 1.165) is 12.2 Å². The van der Waals surface area contributed by atoms with E-state index in [1.54, 1.807) is 0 Å². The Morgan fingerprint density at radius 2 is 2.19 bits per heavy atom. The van der Waals surface area contributed by atoms with Crippen molar-refractivity contribution in [1.82, 2.24) is 5.32 Å². The van der Waals surface area contributed by atoms with Crippen LogP contribution in [0.1, 0.15) is 30.5 Å². The van der Waals surface area contributed by atoms with Crippen molar-refractivity contribution in [2.45, 2.75) is 26.3 Å². The Bertz CT molecular complexity index is 326. The van der Waals surface area contributed by atoms with Crippen molar-refractivity contribution in [3.8, 4) is 5.75 Å². The summed E-state index contributed by atoms with van der Waals surface area (Å²) >= 11 is 0.